The summed E-state index contributed by atoms with van der Waals surface area (Å²) in [5.74, 6) is 0.847. The van der Waals surface area contributed by atoms with Gasteiger partial charge in [0.1, 0.15) is 0 Å². The molecular formula is C16H34N2. The van der Waals surface area contributed by atoms with Crippen LogP contribution in [0.1, 0.15) is 67.2 Å². The van der Waals surface area contributed by atoms with Gasteiger partial charge in [0.15, 0.2) is 0 Å². The molecule has 1 fully saturated rings. The number of hydrogen-bond acceptors (Lipinski definition) is 2. The van der Waals surface area contributed by atoms with E-state index in [0.717, 1.165) is 24.5 Å². The fourth-order valence-corrected chi connectivity index (χ4v) is 3.09. The van der Waals surface area contributed by atoms with Crippen molar-refractivity contribution in [3.05, 3.63) is 0 Å². The Bertz CT molecular complexity index is 241. The predicted octanol–water partition coefficient (Wildman–Crippen LogP) is 3.66. The van der Waals surface area contributed by atoms with E-state index in [1.165, 1.54) is 32.2 Å². The summed E-state index contributed by atoms with van der Waals surface area (Å²) in [6.45, 7) is 16.5. The molecule has 0 aromatic heterocycles. The summed E-state index contributed by atoms with van der Waals surface area (Å²) < 4.78 is 0. The highest BCUT2D eigenvalue weighted by atomic mass is 15.3. The topological polar surface area (TPSA) is 15.3 Å². The molecule has 1 aliphatic rings. The van der Waals surface area contributed by atoms with Gasteiger partial charge in [-0.15, -0.1) is 0 Å². The first-order chi connectivity index (χ1) is 8.45. The lowest BCUT2D eigenvalue weighted by molar-refractivity contribution is 0.0414. The van der Waals surface area contributed by atoms with Gasteiger partial charge < -0.3 is 5.32 Å². The lowest BCUT2D eigenvalue weighted by atomic mass is 9.89. The molecule has 4 atom stereocenters. The Balaban J connectivity index is 2.67. The van der Waals surface area contributed by atoms with Crippen molar-refractivity contribution < 1.29 is 0 Å². The molecule has 0 saturated carbocycles. The van der Waals surface area contributed by atoms with Gasteiger partial charge in [-0.25, -0.2) is 0 Å². The second-order valence-electron chi connectivity index (χ2n) is 6.63. The monoisotopic (exact) mass is 254 g/mol. The second-order valence-corrected chi connectivity index (χ2v) is 6.63. The summed E-state index contributed by atoms with van der Waals surface area (Å²) >= 11 is 0. The summed E-state index contributed by atoms with van der Waals surface area (Å²) in [6, 6.07) is 1.45. The molecule has 2 nitrogen and oxygen atoms in total. The van der Waals surface area contributed by atoms with Crippen LogP contribution in [-0.2, 0) is 0 Å². The molecular weight excluding hydrogens is 220 g/mol. The average Bonchev–Trinajstić information content (AvgIpc) is 2.38. The Morgan fingerprint density at radius 1 is 1.28 bits per heavy atom. The summed E-state index contributed by atoms with van der Waals surface area (Å²) in [4.78, 5) is 2.77. The van der Waals surface area contributed by atoms with Crippen molar-refractivity contribution in [1.82, 2.24) is 10.2 Å². The molecule has 0 aromatic carbocycles. The van der Waals surface area contributed by atoms with Crippen molar-refractivity contribution in [2.45, 2.75) is 84.8 Å². The van der Waals surface area contributed by atoms with E-state index in [9.17, 15) is 0 Å². The molecule has 0 aliphatic carbocycles. The fourth-order valence-electron chi connectivity index (χ4n) is 3.09. The van der Waals surface area contributed by atoms with Crippen LogP contribution in [0.25, 0.3) is 0 Å². The van der Waals surface area contributed by atoms with E-state index in [2.05, 4.69) is 51.8 Å². The average molecular weight is 254 g/mol. The van der Waals surface area contributed by atoms with Crippen LogP contribution in [0.4, 0.5) is 0 Å². The Morgan fingerprint density at radius 2 is 1.94 bits per heavy atom. The smallest absolute Gasteiger partial charge is 0.0278 e. The van der Waals surface area contributed by atoms with Gasteiger partial charge >= 0.3 is 0 Å². The number of nitrogens with one attached hydrogen (secondary N) is 1. The third-order valence-electron chi connectivity index (χ3n) is 5.02. The Morgan fingerprint density at radius 3 is 2.44 bits per heavy atom. The van der Waals surface area contributed by atoms with Crippen LogP contribution >= 0.6 is 0 Å². The molecule has 1 N–H and O–H groups in total. The van der Waals surface area contributed by atoms with Crippen molar-refractivity contribution >= 4 is 0 Å². The van der Waals surface area contributed by atoms with Gasteiger partial charge in [-0.3, -0.25) is 4.90 Å². The molecule has 0 bridgehead atoms. The van der Waals surface area contributed by atoms with Crippen molar-refractivity contribution in [2.75, 3.05) is 13.1 Å². The number of rotatable bonds is 6. The van der Waals surface area contributed by atoms with E-state index in [1.807, 2.05) is 0 Å². The third-order valence-corrected chi connectivity index (χ3v) is 5.02. The lowest BCUT2D eigenvalue weighted by Gasteiger charge is -2.49. The summed E-state index contributed by atoms with van der Waals surface area (Å²) in [6.07, 6.45) is 5.12. The first-order valence-corrected chi connectivity index (χ1v) is 7.96. The molecule has 0 spiro atoms. The number of nitrogens with zero attached hydrogens (tertiary/aromatic N) is 1. The first kappa shape index (κ1) is 16.0. The summed E-state index contributed by atoms with van der Waals surface area (Å²) in [7, 11) is 0. The zero-order valence-corrected chi connectivity index (χ0v) is 13.4. The van der Waals surface area contributed by atoms with E-state index >= 15 is 0 Å². The van der Waals surface area contributed by atoms with Crippen LogP contribution in [0.2, 0.25) is 0 Å². The normalized spacial score (nSPS) is 33.3. The standard InChI is InChI=1S/C16H34N2/c1-7-13(4)10-14(5)18-12-16(6,9-3)17-11-15(18)8-2/h13-15,17H,7-12H2,1-6H3. The molecule has 0 radical (unpaired) electrons. The van der Waals surface area contributed by atoms with E-state index in [-0.39, 0.29) is 0 Å². The lowest BCUT2D eigenvalue weighted by Crippen LogP contribution is -2.64. The van der Waals surface area contributed by atoms with Crippen molar-refractivity contribution in [3.63, 3.8) is 0 Å². The maximum absolute atomic E-state index is 3.76. The molecule has 1 aliphatic heterocycles. The van der Waals surface area contributed by atoms with Crippen LogP contribution in [0.15, 0.2) is 0 Å². The highest BCUT2D eigenvalue weighted by molar-refractivity contribution is 4.95. The van der Waals surface area contributed by atoms with Gasteiger partial charge in [0, 0.05) is 30.7 Å². The van der Waals surface area contributed by atoms with Gasteiger partial charge in [-0.05, 0) is 39.0 Å². The Hall–Kier alpha value is -0.0800. The molecule has 0 aromatic rings. The molecule has 1 rings (SSSR count). The van der Waals surface area contributed by atoms with E-state index in [0.29, 0.717) is 5.54 Å². The molecule has 2 heteroatoms. The maximum Gasteiger partial charge on any atom is 0.0278 e. The van der Waals surface area contributed by atoms with Crippen molar-refractivity contribution in [2.24, 2.45) is 5.92 Å². The highest BCUT2D eigenvalue weighted by Crippen LogP contribution is 2.25. The summed E-state index contributed by atoms with van der Waals surface area (Å²) in [5.41, 5.74) is 0.315. The van der Waals surface area contributed by atoms with Crippen LogP contribution in [-0.4, -0.2) is 35.6 Å². The largest absolute Gasteiger partial charge is 0.309 e. The van der Waals surface area contributed by atoms with Crippen LogP contribution < -0.4 is 5.32 Å². The SMILES string of the molecule is CCC(C)CC(C)N1CC(C)(CC)NCC1CC. The van der Waals surface area contributed by atoms with Gasteiger partial charge in [0.05, 0.1) is 0 Å². The van der Waals surface area contributed by atoms with Gasteiger partial charge in [-0.2, -0.15) is 0 Å². The first-order valence-electron chi connectivity index (χ1n) is 7.96. The molecule has 18 heavy (non-hydrogen) atoms. The molecule has 108 valence electrons. The zero-order chi connectivity index (χ0) is 13.8. The van der Waals surface area contributed by atoms with Crippen LogP contribution in [0.5, 0.6) is 0 Å². The minimum Gasteiger partial charge on any atom is -0.309 e. The quantitative estimate of drug-likeness (QED) is 0.778. The number of piperazine rings is 1. The van der Waals surface area contributed by atoms with Crippen molar-refractivity contribution in [3.8, 4) is 0 Å². The van der Waals surface area contributed by atoms with Crippen LogP contribution in [0, 0.1) is 5.92 Å². The molecule has 1 saturated heterocycles. The number of hydrogen-bond donors (Lipinski definition) is 1. The Kier molecular flexibility index (Phi) is 6.13. The molecule has 1 heterocycles. The molecule has 4 unspecified atom stereocenters. The van der Waals surface area contributed by atoms with E-state index in [4.69, 9.17) is 0 Å². The van der Waals surface area contributed by atoms with E-state index in [1.54, 1.807) is 0 Å². The van der Waals surface area contributed by atoms with Gasteiger partial charge in [0.25, 0.3) is 0 Å². The molecule has 0 amide bonds. The third kappa shape index (κ3) is 3.96. The van der Waals surface area contributed by atoms with Gasteiger partial charge in [-0.1, -0.05) is 34.1 Å². The summed E-state index contributed by atoms with van der Waals surface area (Å²) in [5, 5.41) is 3.76. The minimum atomic E-state index is 0.315. The van der Waals surface area contributed by atoms with E-state index < -0.39 is 0 Å². The predicted molar refractivity (Wildman–Crippen MR) is 81.0 cm³/mol. The zero-order valence-electron chi connectivity index (χ0n) is 13.4. The van der Waals surface area contributed by atoms with Crippen molar-refractivity contribution in [1.29, 1.82) is 0 Å². The highest BCUT2D eigenvalue weighted by Gasteiger charge is 2.35. The minimum absolute atomic E-state index is 0.315. The Labute approximate surface area is 115 Å². The maximum atomic E-state index is 3.76. The fraction of sp³-hybridized carbons (Fsp3) is 1.00. The second kappa shape index (κ2) is 6.91. The van der Waals surface area contributed by atoms with Gasteiger partial charge in [0.2, 0.25) is 0 Å². The van der Waals surface area contributed by atoms with Crippen LogP contribution in [0.3, 0.4) is 0 Å².